The predicted octanol–water partition coefficient (Wildman–Crippen LogP) is 8.50. The van der Waals surface area contributed by atoms with E-state index in [0.29, 0.717) is 45.0 Å². The number of carbonyl (C=O) groups excluding carboxylic acids is 1. The van der Waals surface area contributed by atoms with Crippen LogP contribution >= 0.6 is 31.9 Å². The number of carbonyl (C=O) groups is 1. The SMILES string of the molecule is CC(C)(C)OC(=O)Oc1cccc(C(OCCCOc2ccc(Br)cc2)OCCCOc2ccc(Br)cc2)c1. The van der Waals surface area contributed by atoms with Crippen LogP contribution in [-0.4, -0.2) is 38.2 Å². The number of halogens is 2. The Hall–Kier alpha value is -2.59. The Morgan fingerprint density at radius 2 is 1.23 bits per heavy atom. The first-order valence-electron chi connectivity index (χ1n) is 12.7. The Labute approximate surface area is 247 Å². The monoisotopic (exact) mass is 664 g/mol. The van der Waals surface area contributed by atoms with Gasteiger partial charge in [-0.3, -0.25) is 0 Å². The van der Waals surface area contributed by atoms with Gasteiger partial charge in [0.2, 0.25) is 0 Å². The largest absolute Gasteiger partial charge is 0.514 e. The molecular formula is C30H34Br2O7. The molecule has 0 atom stereocenters. The summed E-state index contributed by atoms with van der Waals surface area (Å²) >= 11 is 6.84. The number of hydrogen-bond donors (Lipinski definition) is 0. The average Bonchev–Trinajstić information content (AvgIpc) is 2.88. The summed E-state index contributed by atoms with van der Waals surface area (Å²) in [5.41, 5.74) is 0.0683. The van der Waals surface area contributed by atoms with E-state index < -0.39 is 18.0 Å². The molecule has 3 aromatic carbocycles. The molecule has 7 nitrogen and oxygen atoms in total. The number of ether oxygens (including phenoxy) is 6. The van der Waals surface area contributed by atoms with Gasteiger partial charge in [-0.1, -0.05) is 44.0 Å². The van der Waals surface area contributed by atoms with E-state index in [1.54, 1.807) is 39.0 Å². The standard InChI is InChI=1S/C30H34Br2O7/c1-30(2,3)39-29(33)38-27-8-4-7-22(21-27)28(36-19-5-17-34-25-13-9-23(31)10-14-25)37-20-6-18-35-26-15-11-24(32)12-16-26/h4,7-16,21,28H,5-6,17-20H2,1-3H3. The van der Waals surface area contributed by atoms with Gasteiger partial charge in [-0.15, -0.1) is 0 Å². The minimum Gasteiger partial charge on any atom is -0.494 e. The first-order valence-corrected chi connectivity index (χ1v) is 14.3. The van der Waals surface area contributed by atoms with Crippen molar-refractivity contribution in [1.82, 2.24) is 0 Å². The van der Waals surface area contributed by atoms with Gasteiger partial charge in [0.25, 0.3) is 0 Å². The van der Waals surface area contributed by atoms with Crippen molar-refractivity contribution in [3.8, 4) is 17.2 Å². The third-order valence-corrected chi connectivity index (χ3v) is 6.06. The van der Waals surface area contributed by atoms with Crippen molar-refractivity contribution in [2.24, 2.45) is 0 Å². The van der Waals surface area contributed by atoms with Crippen LogP contribution in [0.2, 0.25) is 0 Å². The Kier molecular flexibility index (Phi) is 12.6. The summed E-state index contributed by atoms with van der Waals surface area (Å²) in [7, 11) is 0. The minimum atomic E-state index is -0.770. The molecule has 210 valence electrons. The number of hydrogen-bond acceptors (Lipinski definition) is 7. The molecule has 3 aromatic rings. The first kappa shape index (κ1) is 30.9. The molecule has 0 amide bonds. The second-order valence-electron chi connectivity index (χ2n) is 9.52. The maximum atomic E-state index is 12.1. The highest BCUT2D eigenvalue weighted by Gasteiger charge is 2.19. The maximum Gasteiger partial charge on any atom is 0.514 e. The molecule has 0 saturated carbocycles. The van der Waals surface area contributed by atoms with Gasteiger partial charge in [-0.2, -0.15) is 0 Å². The summed E-state index contributed by atoms with van der Waals surface area (Å²) < 4.78 is 36.3. The van der Waals surface area contributed by atoms with Crippen molar-refractivity contribution in [1.29, 1.82) is 0 Å². The third-order valence-electron chi connectivity index (χ3n) is 5.00. The van der Waals surface area contributed by atoms with E-state index in [1.165, 1.54) is 0 Å². The third kappa shape index (κ3) is 12.4. The summed E-state index contributed by atoms with van der Waals surface area (Å²) in [6.45, 7) is 7.16. The highest BCUT2D eigenvalue weighted by atomic mass is 79.9. The van der Waals surface area contributed by atoms with Gasteiger partial charge in [0, 0.05) is 27.4 Å². The predicted molar refractivity (Wildman–Crippen MR) is 156 cm³/mol. The number of rotatable bonds is 14. The van der Waals surface area contributed by atoms with Crippen molar-refractivity contribution in [3.05, 3.63) is 87.3 Å². The smallest absolute Gasteiger partial charge is 0.494 e. The van der Waals surface area contributed by atoms with Crippen molar-refractivity contribution in [3.63, 3.8) is 0 Å². The lowest BCUT2D eigenvalue weighted by Crippen LogP contribution is -2.26. The molecule has 0 aromatic heterocycles. The van der Waals surface area contributed by atoms with Gasteiger partial charge in [0.05, 0.1) is 26.4 Å². The average molecular weight is 666 g/mol. The van der Waals surface area contributed by atoms with Gasteiger partial charge in [-0.05, 0) is 81.4 Å². The van der Waals surface area contributed by atoms with Crippen LogP contribution in [0.5, 0.6) is 17.2 Å². The minimum absolute atomic E-state index is 0.344. The van der Waals surface area contributed by atoms with Crippen LogP contribution in [-0.2, 0) is 14.2 Å². The summed E-state index contributed by atoms with van der Waals surface area (Å²) in [4.78, 5) is 12.1. The van der Waals surface area contributed by atoms with Crippen molar-refractivity contribution >= 4 is 38.0 Å². The molecule has 0 N–H and O–H groups in total. The maximum absolute atomic E-state index is 12.1. The summed E-state index contributed by atoms with van der Waals surface area (Å²) in [6.07, 6.45) is -0.103. The van der Waals surface area contributed by atoms with Crippen molar-refractivity contribution in [2.45, 2.75) is 45.5 Å². The van der Waals surface area contributed by atoms with E-state index in [-0.39, 0.29) is 0 Å². The van der Waals surface area contributed by atoms with E-state index in [4.69, 9.17) is 28.4 Å². The highest BCUT2D eigenvalue weighted by Crippen LogP contribution is 2.25. The molecule has 0 radical (unpaired) electrons. The second kappa shape index (κ2) is 15.9. The van der Waals surface area contributed by atoms with Crippen LogP contribution in [0, 0.1) is 0 Å². The van der Waals surface area contributed by atoms with Crippen LogP contribution in [0.1, 0.15) is 45.5 Å². The fraction of sp³-hybridized carbons (Fsp3) is 0.367. The molecule has 0 fully saturated rings. The fourth-order valence-electron chi connectivity index (χ4n) is 3.27. The van der Waals surface area contributed by atoms with E-state index in [1.807, 2.05) is 54.6 Å². The molecule has 0 bridgehead atoms. The molecule has 3 rings (SSSR count). The molecule has 0 aliphatic carbocycles. The summed E-state index contributed by atoms with van der Waals surface area (Å²) in [5.74, 6) is 1.93. The highest BCUT2D eigenvalue weighted by molar-refractivity contribution is 9.10. The molecular weight excluding hydrogens is 632 g/mol. The Bertz CT molecular complexity index is 1090. The lowest BCUT2D eigenvalue weighted by Gasteiger charge is -2.21. The molecule has 0 aliphatic rings. The van der Waals surface area contributed by atoms with Gasteiger partial charge in [0.15, 0.2) is 6.29 Å². The zero-order valence-electron chi connectivity index (χ0n) is 22.4. The van der Waals surface area contributed by atoms with Crippen LogP contribution in [0.25, 0.3) is 0 Å². The molecule has 0 heterocycles. The molecule has 0 spiro atoms. The molecule has 0 aliphatic heterocycles. The molecule has 0 saturated heterocycles. The van der Waals surface area contributed by atoms with Crippen LogP contribution < -0.4 is 14.2 Å². The van der Waals surface area contributed by atoms with Gasteiger partial charge in [0.1, 0.15) is 22.8 Å². The van der Waals surface area contributed by atoms with E-state index >= 15 is 0 Å². The molecule has 39 heavy (non-hydrogen) atoms. The van der Waals surface area contributed by atoms with Crippen molar-refractivity contribution < 1.29 is 33.2 Å². The van der Waals surface area contributed by atoms with Gasteiger partial charge in [-0.25, -0.2) is 4.79 Å². The van der Waals surface area contributed by atoms with Crippen LogP contribution in [0.3, 0.4) is 0 Å². The lowest BCUT2D eigenvalue weighted by molar-refractivity contribution is -0.149. The van der Waals surface area contributed by atoms with E-state index in [9.17, 15) is 4.79 Å². The van der Waals surface area contributed by atoms with Gasteiger partial charge < -0.3 is 28.4 Å². The summed E-state index contributed by atoms with van der Waals surface area (Å²) in [5, 5.41) is 0. The Balaban J connectivity index is 1.53. The molecule has 9 heteroatoms. The lowest BCUT2D eigenvalue weighted by atomic mass is 10.2. The van der Waals surface area contributed by atoms with Crippen molar-refractivity contribution in [2.75, 3.05) is 26.4 Å². The van der Waals surface area contributed by atoms with E-state index in [2.05, 4.69) is 31.9 Å². The quantitative estimate of drug-likeness (QED) is 0.0740. The van der Waals surface area contributed by atoms with Gasteiger partial charge >= 0.3 is 6.16 Å². The first-order chi connectivity index (χ1) is 18.7. The zero-order valence-corrected chi connectivity index (χ0v) is 25.5. The van der Waals surface area contributed by atoms with Crippen LogP contribution in [0.15, 0.2) is 81.7 Å². The normalized spacial score (nSPS) is 11.3. The number of benzene rings is 3. The summed E-state index contributed by atoms with van der Waals surface area (Å²) in [6, 6.07) is 22.4. The Morgan fingerprint density at radius 1 is 0.718 bits per heavy atom. The Morgan fingerprint density at radius 3 is 1.72 bits per heavy atom. The second-order valence-corrected chi connectivity index (χ2v) is 11.4. The molecule has 0 unspecified atom stereocenters. The van der Waals surface area contributed by atoms with Crippen LogP contribution in [0.4, 0.5) is 4.79 Å². The van der Waals surface area contributed by atoms with E-state index in [0.717, 1.165) is 26.0 Å². The zero-order chi connectivity index (χ0) is 28.1. The topological polar surface area (TPSA) is 72.5 Å². The fourth-order valence-corrected chi connectivity index (χ4v) is 3.80.